The first-order valence-electron chi connectivity index (χ1n) is 9.87. The van der Waals surface area contributed by atoms with Gasteiger partial charge in [-0.15, -0.1) is 0 Å². The zero-order chi connectivity index (χ0) is 22.4. The van der Waals surface area contributed by atoms with Gasteiger partial charge in [-0.05, 0) is 47.1 Å². The maximum atomic E-state index is 13.2. The van der Waals surface area contributed by atoms with Crippen LogP contribution in [0.2, 0.25) is 0 Å². The fourth-order valence-electron chi connectivity index (χ4n) is 3.24. The van der Waals surface area contributed by atoms with Crippen LogP contribution in [0.5, 0.6) is 17.2 Å². The van der Waals surface area contributed by atoms with Gasteiger partial charge < -0.3 is 23.7 Å². The van der Waals surface area contributed by atoms with Crippen LogP contribution in [0, 0.1) is 6.92 Å². The van der Waals surface area contributed by atoms with Crippen molar-refractivity contribution < 1.29 is 23.7 Å². The predicted molar refractivity (Wildman–Crippen MR) is 122 cm³/mol. The number of aryl methyl sites for hydroxylation is 1. The molecule has 31 heavy (non-hydrogen) atoms. The molecule has 0 aliphatic rings. The third-order valence-electron chi connectivity index (χ3n) is 4.92. The Balaban J connectivity index is 2.03. The van der Waals surface area contributed by atoms with Gasteiger partial charge >= 0.3 is 0 Å². The van der Waals surface area contributed by atoms with Crippen molar-refractivity contribution in [3.8, 4) is 17.2 Å². The summed E-state index contributed by atoms with van der Waals surface area (Å²) in [6, 6.07) is 10.3. The molecule has 0 atom stereocenters. The number of aromatic hydroxyl groups is 1. The first kappa shape index (κ1) is 23.3. The fourth-order valence-corrected chi connectivity index (χ4v) is 3.60. The van der Waals surface area contributed by atoms with Crippen LogP contribution in [0.1, 0.15) is 11.3 Å². The standard InChI is InChI=1S/C23H26BrNO6/c1-15-22(31-20-7-5-4-6-18(20)24)21(27)16-8-9-19(26)17(23(16)30-15)14-25(10-12-28-2)11-13-29-3/h4-9,26H,10-14H2,1-3H3. The van der Waals surface area contributed by atoms with Gasteiger partial charge in [0.05, 0.1) is 28.6 Å². The van der Waals surface area contributed by atoms with Crippen LogP contribution in [0.25, 0.3) is 11.0 Å². The monoisotopic (exact) mass is 491 g/mol. The lowest BCUT2D eigenvalue weighted by atomic mass is 10.1. The number of halogens is 1. The Kier molecular flexibility index (Phi) is 8.09. The largest absolute Gasteiger partial charge is 0.507 e. The summed E-state index contributed by atoms with van der Waals surface area (Å²) in [4.78, 5) is 15.3. The first-order valence-corrected chi connectivity index (χ1v) is 10.7. The number of ether oxygens (including phenoxy) is 3. The van der Waals surface area contributed by atoms with Crippen LogP contribution in [0.15, 0.2) is 50.1 Å². The van der Waals surface area contributed by atoms with E-state index in [1.54, 1.807) is 33.3 Å². The normalized spacial score (nSPS) is 11.4. The molecular formula is C23H26BrNO6. The number of nitrogens with zero attached hydrogens (tertiary/aromatic N) is 1. The summed E-state index contributed by atoms with van der Waals surface area (Å²) < 4.78 is 23.0. The zero-order valence-electron chi connectivity index (χ0n) is 17.8. The van der Waals surface area contributed by atoms with Crippen molar-refractivity contribution in [2.24, 2.45) is 0 Å². The van der Waals surface area contributed by atoms with Crippen LogP contribution in [0.4, 0.5) is 0 Å². The van der Waals surface area contributed by atoms with E-state index in [1.165, 1.54) is 6.07 Å². The molecule has 0 unspecified atom stereocenters. The van der Waals surface area contributed by atoms with E-state index in [9.17, 15) is 9.90 Å². The summed E-state index contributed by atoms with van der Waals surface area (Å²) in [6.45, 7) is 4.39. The van der Waals surface area contributed by atoms with E-state index in [0.717, 1.165) is 4.47 Å². The molecule has 1 heterocycles. The van der Waals surface area contributed by atoms with Gasteiger partial charge in [0.1, 0.15) is 22.8 Å². The molecule has 0 radical (unpaired) electrons. The molecule has 0 fully saturated rings. The number of phenols is 1. The lowest BCUT2D eigenvalue weighted by molar-refractivity contribution is 0.110. The molecule has 0 bridgehead atoms. The number of hydrogen-bond acceptors (Lipinski definition) is 7. The minimum atomic E-state index is -0.295. The second-order valence-electron chi connectivity index (χ2n) is 7.05. The minimum Gasteiger partial charge on any atom is -0.507 e. The highest BCUT2D eigenvalue weighted by Gasteiger charge is 2.20. The molecule has 0 saturated carbocycles. The average molecular weight is 492 g/mol. The highest BCUT2D eigenvalue weighted by Crippen LogP contribution is 2.33. The SMILES string of the molecule is COCCN(CCOC)Cc1c(O)ccc2c(=O)c(Oc3ccccc3Br)c(C)oc12. The van der Waals surface area contributed by atoms with Gasteiger partial charge in [0.15, 0.2) is 0 Å². The van der Waals surface area contributed by atoms with E-state index in [2.05, 4.69) is 20.8 Å². The molecule has 1 aromatic heterocycles. The molecule has 3 rings (SSSR count). The van der Waals surface area contributed by atoms with Crippen molar-refractivity contribution in [2.45, 2.75) is 13.5 Å². The summed E-state index contributed by atoms with van der Waals surface area (Å²) in [5.74, 6) is 1.03. The highest BCUT2D eigenvalue weighted by atomic mass is 79.9. The molecule has 166 valence electrons. The van der Waals surface area contributed by atoms with E-state index in [-0.39, 0.29) is 16.9 Å². The van der Waals surface area contributed by atoms with Crippen LogP contribution >= 0.6 is 15.9 Å². The van der Waals surface area contributed by atoms with Gasteiger partial charge in [-0.2, -0.15) is 0 Å². The van der Waals surface area contributed by atoms with Crippen molar-refractivity contribution in [3.05, 3.63) is 62.4 Å². The third-order valence-corrected chi connectivity index (χ3v) is 5.57. The predicted octanol–water partition coefficient (Wildman–Crippen LogP) is 4.46. The Morgan fingerprint density at radius 1 is 1.06 bits per heavy atom. The first-order chi connectivity index (χ1) is 15.0. The van der Waals surface area contributed by atoms with Crippen molar-refractivity contribution in [1.29, 1.82) is 0 Å². The Morgan fingerprint density at radius 3 is 2.39 bits per heavy atom. The number of benzene rings is 2. The lowest BCUT2D eigenvalue weighted by Crippen LogP contribution is -2.30. The highest BCUT2D eigenvalue weighted by molar-refractivity contribution is 9.10. The smallest absolute Gasteiger partial charge is 0.235 e. The molecule has 0 aliphatic carbocycles. The topological polar surface area (TPSA) is 81.4 Å². The second kappa shape index (κ2) is 10.8. The molecule has 7 nitrogen and oxygen atoms in total. The van der Waals surface area contributed by atoms with Gasteiger partial charge in [-0.25, -0.2) is 0 Å². The van der Waals surface area contributed by atoms with E-state index in [4.69, 9.17) is 18.6 Å². The van der Waals surface area contributed by atoms with Crippen LogP contribution in [0.3, 0.4) is 0 Å². The second-order valence-corrected chi connectivity index (χ2v) is 7.90. The van der Waals surface area contributed by atoms with E-state index in [0.29, 0.717) is 60.9 Å². The molecule has 0 aliphatic heterocycles. The van der Waals surface area contributed by atoms with Crippen molar-refractivity contribution >= 4 is 26.9 Å². The zero-order valence-corrected chi connectivity index (χ0v) is 19.4. The molecule has 8 heteroatoms. The average Bonchev–Trinajstić information content (AvgIpc) is 2.76. The van der Waals surface area contributed by atoms with Gasteiger partial charge in [0, 0.05) is 33.9 Å². The number of phenolic OH excluding ortho intramolecular Hbond substituents is 1. The van der Waals surface area contributed by atoms with Crippen LogP contribution in [-0.2, 0) is 16.0 Å². The summed E-state index contributed by atoms with van der Waals surface area (Å²) in [7, 11) is 3.28. The van der Waals surface area contributed by atoms with E-state index >= 15 is 0 Å². The van der Waals surface area contributed by atoms with Gasteiger partial charge in [-0.1, -0.05) is 12.1 Å². The van der Waals surface area contributed by atoms with Crippen molar-refractivity contribution in [3.63, 3.8) is 0 Å². The Bertz CT molecular complexity index is 1090. The molecule has 0 spiro atoms. The molecule has 0 saturated heterocycles. The third kappa shape index (κ3) is 5.46. The quantitative estimate of drug-likeness (QED) is 0.448. The van der Waals surface area contributed by atoms with Crippen molar-refractivity contribution in [1.82, 2.24) is 4.90 Å². The van der Waals surface area contributed by atoms with Gasteiger partial charge in [-0.3, -0.25) is 9.69 Å². The van der Waals surface area contributed by atoms with E-state index < -0.39 is 0 Å². The number of fused-ring (bicyclic) bond motifs is 1. The van der Waals surface area contributed by atoms with Gasteiger partial charge in [0.25, 0.3) is 0 Å². The van der Waals surface area contributed by atoms with Gasteiger partial charge in [0.2, 0.25) is 11.2 Å². The number of para-hydroxylation sites is 1. The minimum absolute atomic E-state index is 0.0642. The molecule has 2 aromatic carbocycles. The Hall–Kier alpha value is -2.39. The maximum Gasteiger partial charge on any atom is 0.235 e. The van der Waals surface area contributed by atoms with E-state index in [1.807, 2.05) is 18.2 Å². The number of methoxy groups -OCH3 is 2. The Morgan fingerprint density at radius 2 is 1.74 bits per heavy atom. The summed E-state index contributed by atoms with van der Waals surface area (Å²) in [6.07, 6.45) is 0. The summed E-state index contributed by atoms with van der Waals surface area (Å²) in [5.41, 5.74) is 0.593. The summed E-state index contributed by atoms with van der Waals surface area (Å²) >= 11 is 3.43. The van der Waals surface area contributed by atoms with Crippen LogP contribution in [-0.4, -0.2) is 50.5 Å². The van der Waals surface area contributed by atoms with Crippen LogP contribution < -0.4 is 10.2 Å². The van der Waals surface area contributed by atoms with Crippen molar-refractivity contribution in [2.75, 3.05) is 40.5 Å². The number of rotatable bonds is 10. The maximum absolute atomic E-state index is 13.2. The Labute approximate surface area is 189 Å². The lowest BCUT2D eigenvalue weighted by Gasteiger charge is -2.22. The molecule has 1 N–H and O–H groups in total. The summed E-state index contributed by atoms with van der Waals surface area (Å²) in [5, 5.41) is 10.9. The molecule has 0 amide bonds. The molecule has 3 aromatic rings. The molecular weight excluding hydrogens is 466 g/mol. The number of hydrogen-bond donors (Lipinski definition) is 1. The fraction of sp³-hybridized carbons (Fsp3) is 0.348.